The van der Waals surface area contributed by atoms with Gasteiger partial charge >= 0.3 is 11.8 Å². The standard InChI is InChI=1S/C11H11Cl2FN2O2/c12-4-1-5-15-10(17)11(18)16-7-2-3-9(14)8(13)6-7/h2-3,6H,1,4-5H2,(H,15,17)(H,16,18). The van der Waals surface area contributed by atoms with E-state index in [1.54, 1.807) is 0 Å². The van der Waals surface area contributed by atoms with Gasteiger partial charge in [-0.2, -0.15) is 0 Å². The number of rotatable bonds is 4. The molecule has 18 heavy (non-hydrogen) atoms. The van der Waals surface area contributed by atoms with Crippen molar-refractivity contribution in [3.8, 4) is 0 Å². The molecule has 0 spiro atoms. The number of anilines is 1. The Kier molecular flexibility index (Phi) is 5.88. The van der Waals surface area contributed by atoms with Crippen LogP contribution in [0.2, 0.25) is 5.02 Å². The number of hydrogen-bond donors (Lipinski definition) is 2. The fourth-order valence-electron chi connectivity index (χ4n) is 1.11. The maximum absolute atomic E-state index is 12.9. The summed E-state index contributed by atoms with van der Waals surface area (Å²) < 4.78 is 12.9. The molecule has 0 bridgehead atoms. The summed E-state index contributed by atoms with van der Waals surface area (Å²) in [7, 11) is 0. The van der Waals surface area contributed by atoms with Gasteiger partial charge in [0, 0.05) is 18.1 Å². The highest BCUT2D eigenvalue weighted by Crippen LogP contribution is 2.19. The number of nitrogens with one attached hydrogen (secondary N) is 2. The lowest BCUT2D eigenvalue weighted by Crippen LogP contribution is -2.36. The summed E-state index contributed by atoms with van der Waals surface area (Å²) in [5.74, 6) is -1.82. The Bertz CT molecular complexity index is 455. The minimum atomic E-state index is -0.841. The topological polar surface area (TPSA) is 58.2 Å². The molecule has 0 aromatic heterocycles. The van der Waals surface area contributed by atoms with Crippen molar-refractivity contribution in [2.24, 2.45) is 0 Å². The van der Waals surface area contributed by atoms with Gasteiger partial charge in [0.25, 0.3) is 0 Å². The Morgan fingerprint density at radius 2 is 2.00 bits per heavy atom. The molecule has 7 heteroatoms. The highest BCUT2D eigenvalue weighted by Gasteiger charge is 2.13. The molecule has 98 valence electrons. The largest absolute Gasteiger partial charge is 0.348 e. The van der Waals surface area contributed by atoms with Gasteiger partial charge in [0.15, 0.2) is 0 Å². The molecule has 0 saturated heterocycles. The van der Waals surface area contributed by atoms with Crippen LogP contribution in [0.1, 0.15) is 6.42 Å². The Morgan fingerprint density at radius 1 is 1.28 bits per heavy atom. The quantitative estimate of drug-likeness (QED) is 0.508. The minimum absolute atomic E-state index is 0.129. The van der Waals surface area contributed by atoms with Gasteiger partial charge in [-0.05, 0) is 24.6 Å². The zero-order valence-corrected chi connectivity index (χ0v) is 10.8. The first-order chi connectivity index (χ1) is 8.54. The van der Waals surface area contributed by atoms with Gasteiger partial charge in [-0.25, -0.2) is 4.39 Å². The summed E-state index contributed by atoms with van der Waals surface area (Å²) in [6.07, 6.45) is 0.572. The van der Waals surface area contributed by atoms with Crippen LogP contribution in [0, 0.1) is 5.82 Å². The fraction of sp³-hybridized carbons (Fsp3) is 0.273. The first-order valence-corrected chi connectivity index (χ1v) is 6.06. The second kappa shape index (κ2) is 7.18. The van der Waals surface area contributed by atoms with E-state index in [9.17, 15) is 14.0 Å². The van der Waals surface area contributed by atoms with Crippen LogP contribution in [0.3, 0.4) is 0 Å². The van der Waals surface area contributed by atoms with Gasteiger partial charge in [-0.3, -0.25) is 9.59 Å². The lowest BCUT2D eigenvalue weighted by Gasteiger charge is -2.06. The molecule has 1 rings (SSSR count). The molecule has 0 fully saturated rings. The summed E-state index contributed by atoms with van der Waals surface area (Å²) in [6, 6.07) is 3.63. The molecule has 0 aliphatic carbocycles. The van der Waals surface area contributed by atoms with Gasteiger partial charge in [-0.1, -0.05) is 11.6 Å². The van der Waals surface area contributed by atoms with Crippen LogP contribution in [0.5, 0.6) is 0 Å². The summed E-state index contributed by atoms with van der Waals surface area (Å²) in [4.78, 5) is 22.7. The molecule has 4 nitrogen and oxygen atoms in total. The average molecular weight is 293 g/mol. The molecular formula is C11H11Cl2FN2O2. The van der Waals surface area contributed by atoms with E-state index >= 15 is 0 Å². The van der Waals surface area contributed by atoms with Crippen LogP contribution in [0.25, 0.3) is 0 Å². The number of alkyl halides is 1. The van der Waals surface area contributed by atoms with Crippen molar-refractivity contribution in [2.45, 2.75) is 6.42 Å². The maximum Gasteiger partial charge on any atom is 0.313 e. The van der Waals surface area contributed by atoms with Crippen LogP contribution in [-0.4, -0.2) is 24.2 Å². The second-order valence-corrected chi connectivity index (χ2v) is 4.17. The molecule has 0 heterocycles. The zero-order chi connectivity index (χ0) is 13.5. The second-order valence-electron chi connectivity index (χ2n) is 3.38. The Labute approximate surface area is 113 Å². The number of carbonyl (C=O) groups excluding carboxylic acids is 2. The number of amides is 2. The van der Waals surface area contributed by atoms with Crippen molar-refractivity contribution >= 4 is 40.7 Å². The van der Waals surface area contributed by atoms with E-state index in [0.29, 0.717) is 18.8 Å². The number of benzene rings is 1. The minimum Gasteiger partial charge on any atom is -0.348 e. The third-order valence-corrected chi connectivity index (χ3v) is 2.54. The van der Waals surface area contributed by atoms with Crippen LogP contribution in [-0.2, 0) is 9.59 Å². The van der Waals surface area contributed by atoms with Gasteiger partial charge in [0.1, 0.15) is 5.82 Å². The van der Waals surface area contributed by atoms with Crippen molar-refractivity contribution in [2.75, 3.05) is 17.7 Å². The molecule has 2 amide bonds. The highest BCUT2D eigenvalue weighted by molar-refractivity contribution is 6.39. The first-order valence-electron chi connectivity index (χ1n) is 5.15. The Balaban J connectivity index is 2.53. The summed E-state index contributed by atoms with van der Waals surface area (Å²) in [5, 5.41) is 4.56. The van der Waals surface area contributed by atoms with Crippen molar-refractivity contribution in [3.63, 3.8) is 0 Å². The lowest BCUT2D eigenvalue weighted by molar-refractivity contribution is -0.136. The molecule has 1 aromatic carbocycles. The predicted octanol–water partition coefficient (Wildman–Crippen LogP) is 2.16. The van der Waals surface area contributed by atoms with E-state index in [0.717, 1.165) is 6.07 Å². The predicted molar refractivity (Wildman–Crippen MR) is 68.4 cm³/mol. The van der Waals surface area contributed by atoms with Crippen LogP contribution in [0.4, 0.5) is 10.1 Å². The van der Waals surface area contributed by atoms with Crippen molar-refractivity contribution in [3.05, 3.63) is 29.0 Å². The summed E-state index contributed by atoms with van der Waals surface area (Å²) >= 11 is 11.0. The molecule has 0 radical (unpaired) electrons. The van der Waals surface area contributed by atoms with Gasteiger partial charge in [0.05, 0.1) is 5.02 Å². The Hall–Kier alpha value is -1.33. The van der Waals surface area contributed by atoms with Gasteiger partial charge < -0.3 is 10.6 Å². The third kappa shape index (κ3) is 4.50. The first kappa shape index (κ1) is 14.7. The van der Waals surface area contributed by atoms with E-state index in [1.807, 2.05) is 0 Å². The van der Waals surface area contributed by atoms with Gasteiger partial charge in [-0.15, -0.1) is 11.6 Å². The lowest BCUT2D eigenvalue weighted by atomic mass is 10.3. The van der Waals surface area contributed by atoms with Crippen LogP contribution >= 0.6 is 23.2 Å². The van der Waals surface area contributed by atoms with E-state index in [-0.39, 0.29) is 10.7 Å². The number of carbonyl (C=O) groups is 2. The van der Waals surface area contributed by atoms with Crippen LogP contribution < -0.4 is 10.6 Å². The molecule has 0 saturated carbocycles. The SMILES string of the molecule is O=C(NCCCCl)C(=O)Nc1ccc(F)c(Cl)c1. The Morgan fingerprint density at radius 3 is 2.61 bits per heavy atom. The highest BCUT2D eigenvalue weighted by atomic mass is 35.5. The number of hydrogen-bond acceptors (Lipinski definition) is 2. The van der Waals surface area contributed by atoms with Crippen molar-refractivity contribution < 1.29 is 14.0 Å². The van der Waals surface area contributed by atoms with Crippen molar-refractivity contribution in [1.82, 2.24) is 5.32 Å². The van der Waals surface area contributed by atoms with Crippen molar-refractivity contribution in [1.29, 1.82) is 0 Å². The molecule has 0 aliphatic heterocycles. The average Bonchev–Trinajstić information content (AvgIpc) is 2.34. The van der Waals surface area contributed by atoms with Gasteiger partial charge in [0.2, 0.25) is 0 Å². The zero-order valence-electron chi connectivity index (χ0n) is 9.30. The summed E-state index contributed by atoms with van der Waals surface area (Å²) in [6.45, 7) is 0.319. The molecule has 0 unspecified atom stereocenters. The van der Waals surface area contributed by atoms with E-state index < -0.39 is 17.6 Å². The fourth-order valence-corrected chi connectivity index (χ4v) is 1.42. The monoisotopic (exact) mass is 292 g/mol. The normalized spacial score (nSPS) is 9.94. The third-order valence-electron chi connectivity index (χ3n) is 1.98. The molecule has 1 aromatic rings. The van der Waals surface area contributed by atoms with Crippen LogP contribution in [0.15, 0.2) is 18.2 Å². The van der Waals surface area contributed by atoms with E-state index in [1.165, 1.54) is 12.1 Å². The van der Waals surface area contributed by atoms with E-state index in [4.69, 9.17) is 23.2 Å². The molecular weight excluding hydrogens is 282 g/mol. The molecule has 0 aliphatic rings. The summed E-state index contributed by atoms with van der Waals surface area (Å²) in [5.41, 5.74) is 0.249. The number of halogens is 3. The van der Waals surface area contributed by atoms with E-state index in [2.05, 4.69) is 10.6 Å². The molecule has 2 N–H and O–H groups in total. The maximum atomic E-state index is 12.9. The molecule has 0 atom stereocenters. The smallest absolute Gasteiger partial charge is 0.313 e.